The van der Waals surface area contributed by atoms with Gasteiger partial charge in [-0.3, -0.25) is 0 Å². The molecule has 4 nitrogen and oxygen atoms in total. The fourth-order valence-corrected chi connectivity index (χ4v) is 3.32. The summed E-state index contributed by atoms with van der Waals surface area (Å²) in [6.07, 6.45) is 2.46. The molecule has 1 N–H and O–H groups in total. The first-order chi connectivity index (χ1) is 9.42. The third kappa shape index (κ3) is 4.69. The smallest absolute Gasteiger partial charge is 0.0547 e. The van der Waals surface area contributed by atoms with E-state index in [1.54, 1.807) is 0 Å². The predicted molar refractivity (Wildman–Crippen MR) is 82.0 cm³/mol. The van der Waals surface area contributed by atoms with Gasteiger partial charge in [-0.15, -0.1) is 0 Å². The first-order valence-electron chi connectivity index (χ1n) is 7.97. The molecule has 2 aliphatic rings. The maximum atomic E-state index is 5.72. The van der Waals surface area contributed by atoms with E-state index in [9.17, 15) is 0 Å². The molecule has 0 saturated carbocycles. The lowest BCUT2D eigenvalue weighted by molar-refractivity contribution is 0.106. The molecule has 0 bridgehead atoms. The zero-order chi connectivity index (χ0) is 14.6. The van der Waals surface area contributed by atoms with Crippen LogP contribution in [0.2, 0.25) is 0 Å². The van der Waals surface area contributed by atoms with Crippen molar-refractivity contribution in [1.82, 2.24) is 10.2 Å². The van der Waals surface area contributed by atoms with Gasteiger partial charge in [-0.1, -0.05) is 0 Å². The van der Waals surface area contributed by atoms with Crippen LogP contribution in [-0.4, -0.2) is 63.5 Å². The van der Waals surface area contributed by atoms with Crippen molar-refractivity contribution in [3.8, 4) is 0 Å². The molecular weight excluding hydrogens is 252 g/mol. The molecule has 0 amide bonds. The Morgan fingerprint density at radius 2 is 2.20 bits per heavy atom. The highest BCUT2D eigenvalue weighted by Crippen LogP contribution is 2.31. The normalized spacial score (nSPS) is 32.1. The van der Waals surface area contributed by atoms with E-state index in [1.807, 2.05) is 7.11 Å². The van der Waals surface area contributed by atoms with Crippen molar-refractivity contribution >= 4 is 0 Å². The van der Waals surface area contributed by atoms with Gasteiger partial charge < -0.3 is 19.7 Å². The highest BCUT2D eigenvalue weighted by Gasteiger charge is 2.38. The van der Waals surface area contributed by atoms with E-state index in [1.165, 1.54) is 25.9 Å². The summed E-state index contributed by atoms with van der Waals surface area (Å²) in [5.74, 6) is 0.718. The lowest BCUT2D eigenvalue weighted by atomic mass is 9.85. The molecule has 2 aliphatic heterocycles. The topological polar surface area (TPSA) is 33.7 Å². The molecule has 2 unspecified atom stereocenters. The third-order valence-electron chi connectivity index (χ3n) is 4.51. The molecule has 0 aliphatic carbocycles. The largest absolute Gasteiger partial charge is 0.384 e. The molecule has 20 heavy (non-hydrogen) atoms. The fraction of sp³-hybridized carbons (Fsp3) is 1.00. The number of likely N-dealkylation sites (tertiary alicyclic amines) is 1. The van der Waals surface area contributed by atoms with Crippen LogP contribution in [0.4, 0.5) is 0 Å². The van der Waals surface area contributed by atoms with E-state index in [4.69, 9.17) is 9.47 Å². The third-order valence-corrected chi connectivity index (χ3v) is 4.51. The van der Waals surface area contributed by atoms with Crippen molar-refractivity contribution in [1.29, 1.82) is 0 Å². The van der Waals surface area contributed by atoms with Crippen LogP contribution in [0, 0.1) is 11.3 Å². The van der Waals surface area contributed by atoms with Gasteiger partial charge in [-0.05, 0) is 46.1 Å². The Morgan fingerprint density at radius 3 is 2.80 bits per heavy atom. The molecule has 2 saturated heterocycles. The molecule has 0 aromatic rings. The number of methoxy groups -OCH3 is 1. The molecule has 4 heteroatoms. The molecule has 0 aromatic carbocycles. The quantitative estimate of drug-likeness (QED) is 0.806. The zero-order valence-electron chi connectivity index (χ0n) is 13.7. The van der Waals surface area contributed by atoms with Gasteiger partial charge in [0.1, 0.15) is 0 Å². The molecular formula is C16H32N2O2. The van der Waals surface area contributed by atoms with Crippen molar-refractivity contribution in [3.63, 3.8) is 0 Å². The molecule has 2 heterocycles. The van der Waals surface area contributed by atoms with Crippen LogP contribution >= 0.6 is 0 Å². The van der Waals surface area contributed by atoms with Crippen LogP contribution in [-0.2, 0) is 9.47 Å². The highest BCUT2D eigenvalue weighted by molar-refractivity contribution is 4.92. The van der Waals surface area contributed by atoms with Crippen molar-refractivity contribution in [2.45, 2.75) is 39.2 Å². The molecule has 0 spiro atoms. The molecule has 2 fully saturated rings. The molecule has 0 radical (unpaired) electrons. The predicted octanol–water partition coefficient (Wildman–Crippen LogP) is 1.75. The van der Waals surface area contributed by atoms with Crippen molar-refractivity contribution < 1.29 is 9.47 Å². The second-order valence-electron chi connectivity index (χ2n) is 7.75. The van der Waals surface area contributed by atoms with Gasteiger partial charge in [0.05, 0.1) is 13.2 Å². The summed E-state index contributed by atoms with van der Waals surface area (Å²) in [5, 5.41) is 3.68. The summed E-state index contributed by atoms with van der Waals surface area (Å²) in [6, 6.07) is 0. The number of nitrogens with zero attached hydrogens (tertiary/aromatic N) is 1. The second kappa shape index (κ2) is 6.73. The van der Waals surface area contributed by atoms with Gasteiger partial charge in [0.2, 0.25) is 0 Å². The van der Waals surface area contributed by atoms with Gasteiger partial charge in [0.25, 0.3) is 0 Å². The summed E-state index contributed by atoms with van der Waals surface area (Å²) in [4.78, 5) is 2.61. The van der Waals surface area contributed by atoms with E-state index in [0.717, 1.165) is 38.8 Å². The first kappa shape index (κ1) is 16.2. The van der Waals surface area contributed by atoms with E-state index in [2.05, 4.69) is 31.0 Å². The molecule has 118 valence electrons. The number of ether oxygens (including phenoxy) is 2. The van der Waals surface area contributed by atoms with E-state index in [0.29, 0.717) is 5.41 Å². The van der Waals surface area contributed by atoms with Crippen LogP contribution in [0.25, 0.3) is 0 Å². The van der Waals surface area contributed by atoms with Crippen LogP contribution < -0.4 is 5.32 Å². The molecule has 2 atom stereocenters. The minimum Gasteiger partial charge on any atom is -0.384 e. The number of rotatable bonds is 6. The first-order valence-corrected chi connectivity index (χ1v) is 7.97. The van der Waals surface area contributed by atoms with Crippen LogP contribution in [0.3, 0.4) is 0 Å². The number of hydrogen-bond acceptors (Lipinski definition) is 4. The molecule has 0 aromatic heterocycles. The standard InChI is InChI=1S/C16H32N2O2/c1-15(2,3)17-11-16(6-8-20-13-16)12-18-7-5-14(9-18)10-19-4/h14,17H,5-13H2,1-4H3. The van der Waals surface area contributed by atoms with Crippen molar-refractivity contribution in [2.75, 3.05) is 53.1 Å². The highest BCUT2D eigenvalue weighted by atomic mass is 16.5. The van der Waals surface area contributed by atoms with Gasteiger partial charge in [0.15, 0.2) is 0 Å². The van der Waals surface area contributed by atoms with E-state index < -0.39 is 0 Å². The second-order valence-corrected chi connectivity index (χ2v) is 7.75. The van der Waals surface area contributed by atoms with Gasteiger partial charge >= 0.3 is 0 Å². The molecule has 2 rings (SSSR count). The summed E-state index contributed by atoms with van der Waals surface area (Å²) >= 11 is 0. The monoisotopic (exact) mass is 284 g/mol. The van der Waals surface area contributed by atoms with E-state index in [-0.39, 0.29) is 5.54 Å². The van der Waals surface area contributed by atoms with Crippen molar-refractivity contribution in [3.05, 3.63) is 0 Å². The van der Waals surface area contributed by atoms with Gasteiger partial charge in [-0.25, -0.2) is 0 Å². The summed E-state index contributed by atoms with van der Waals surface area (Å²) in [5.41, 5.74) is 0.481. The Kier molecular flexibility index (Phi) is 5.46. The zero-order valence-corrected chi connectivity index (χ0v) is 13.7. The fourth-order valence-electron chi connectivity index (χ4n) is 3.32. The lowest BCUT2D eigenvalue weighted by Crippen LogP contribution is -2.49. The number of nitrogens with one attached hydrogen (secondary N) is 1. The average molecular weight is 284 g/mol. The maximum Gasteiger partial charge on any atom is 0.0547 e. The van der Waals surface area contributed by atoms with E-state index >= 15 is 0 Å². The Bertz CT molecular complexity index is 295. The van der Waals surface area contributed by atoms with Gasteiger partial charge in [0, 0.05) is 44.3 Å². The van der Waals surface area contributed by atoms with Gasteiger partial charge in [-0.2, -0.15) is 0 Å². The minimum atomic E-state index is 0.180. The summed E-state index contributed by atoms with van der Waals surface area (Å²) in [6.45, 7) is 14.1. The summed E-state index contributed by atoms with van der Waals surface area (Å²) < 4.78 is 11.0. The van der Waals surface area contributed by atoms with Crippen LogP contribution in [0.5, 0.6) is 0 Å². The Labute approximate surface area is 124 Å². The average Bonchev–Trinajstić information content (AvgIpc) is 2.98. The minimum absolute atomic E-state index is 0.180. The summed E-state index contributed by atoms with van der Waals surface area (Å²) in [7, 11) is 1.81. The number of hydrogen-bond donors (Lipinski definition) is 1. The maximum absolute atomic E-state index is 5.72. The lowest BCUT2D eigenvalue weighted by Gasteiger charge is -2.35. The van der Waals surface area contributed by atoms with Crippen LogP contribution in [0.1, 0.15) is 33.6 Å². The van der Waals surface area contributed by atoms with Crippen LogP contribution in [0.15, 0.2) is 0 Å². The Morgan fingerprint density at radius 1 is 1.40 bits per heavy atom. The van der Waals surface area contributed by atoms with Crippen molar-refractivity contribution in [2.24, 2.45) is 11.3 Å². The SMILES string of the molecule is COCC1CCN(CC2(CNC(C)(C)C)CCOC2)C1. The Hall–Kier alpha value is -0.160. The Balaban J connectivity index is 1.86.